The van der Waals surface area contributed by atoms with E-state index in [9.17, 15) is 5.11 Å². The normalized spacial score (nSPS) is 14.5. The third kappa shape index (κ3) is 3.16. The van der Waals surface area contributed by atoms with Gasteiger partial charge in [0.05, 0.1) is 10.7 Å². The first-order chi connectivity index (χ1) is 5.90. The van der Waals surface area contributed by atoms with Crippen molar-refractivity contribution in [2.45, 2.75) is 33.3 Å². The average Bonchev–Trinajstić information content (AvgIpc) is 2.30. The third-order valence-electron chi connectivity index (χ3n) is 1.75. The molecule has 0 aliphatic rings. The second kappa shape index (κ2) is 3.84. The first-order valence-electron chi connectivity index (χ1n) is 4.31. The largest absolute Gasteiger partial charge is 0.465 e. The molecule has 1 atom stereocenters. The fourth-order valence-corrected chi connectivity index (χ4v) is 1.68. The van der Waals surface area contributed by atoms with E-state index >= 15 is 0 Å². The molecule has 0 saturated heterocycles. The van der Waals surface area contributed by atoms with Crippen molar-refractivity contribution < 1.29 is 9.52 Å². The van der Waals surface area contributed by atoms with Gasteiger partial charge in [0.25, 0.3) is 0 Å². The van der Waals surface area contributed by atoms with Gasteiger partial charge in [0.15, 0.2) is 0 Å². The minimum Gasteiger partial charge on any atom is -0.465 e. The number of aliphatic hydroxyl groups excluding tert-OH is 1. The van der Waals surface area contributed by atoms with E-state index < -0.39 is 6.10 Å². The van der Waals surface area contributed by atoms with E-state index in [1.165, 1.54) is 0 Å². The highest BCUT2D eigenvalue weighted by Crippen LogP contribution is 2.33. The highest BCUT2D eigenvalue weighted by Gasteiger charge is 2.21. The lowest BCUT2D eigenvalue weighted by Gasteiger charge is -2.21. The van der Waals surface area contributed by atoms with Gasteiger partial charge >= 0.3 is 0 Å². The summed E-state index contributed by atoms with van der Waals surface area (Å²) in [4.78, 5) is 0. The zero-order valence-electron chi connectivity index (χ0n) is 8.17. The summed E-state index contributed by atoms with van der Waals surface area (Å²) in [6.45, 7) is 6.27. The molecule has 3 heteroatoms. The van der Waals surface area contributed by atoms with Gasteiger partial charge in [-0.3, -0.25) is 0 Å². The first kappa shape index (κ1) is 10.8. The van der Waals surface area contributed by atoms with Gasteiger partial charge < -0.3 is 9.52 Å². The maximum Gasteiger partial charge on any atom is 0.146 e. The lowest BCUT2D eigenvalue weighted by Crippen LogP contribution is -2.11. The predicted molar refractivity (Wildman–Crippen MR) is 55.4 cm³/mol. The zero-order valence-corrected chi connectivity index (χ0v) is 9.76. The third-order valence-corrected chi connectivity index (χ3v) is 2.41. The number of hydrogen-bond acceptors (Lipinski definition) is 2. The fraction of sp³-hybridized carbons (Fsp3) is 0.600. The standard InChI is InChI=1S/C10H15BrO2/c1-10(2,3)6-8(12)9-7(11)4-5-13-9/h4-5,8,12H,6H2,1-3H3. The molecule has 0 spiro atoms. The van der Waals surface area contributed by atoms with Crippen LogP contribution in [0.3, 0.4) is 0 Å². The molecule has 0 fully saturated rings. The molecular formula is C10H15BrO2. The Morgan fingerprint density at radius 2 is 2.15 bits per heavy atom. The van der Waals surface area contributed by atoms with Crippen LogP contribution in [0.2, 0.25) is 0 Å². The van der Waals surface area contributed by atoms with Crippen LogP contribution < -0.4 is 0 Å². The van der Waals surface area contributed by atoms with Crippen LogP contribution in [0, 0.1) is 5.41 Å². The molecule has 2 nitrogen and oxygen atoms in total. The Morgan fingerprint density at radius 1 is 1.54 bits per heavy atom. The lowest BCUT2D eigenvalue weighted by atomic mass is 9.88. The highest BCUT2D eigenvalue weighted by atomic mass is 79.9. The van der Waals surface area contributed by atoms with E-state index in [1.54, 1.807) is 12.3 Å². The summed E-state index contributed by atoms with van der Waals surface area (Å²) < 4.78 is 6.01. The van der Waals surface area contributed by atoms with E-state index in [2.05, 4.69) is 36.7 Å². The molecular weight excluding hydrogens is 232 g/mol. The van der Waals surface area contributed by atoms with Crippen molar-refractivity contribution >= 4 is 15.9 Å². The van der Waals surface area contributed by atoms with Crippen LogP contribution in [0.15, 0.2) is 21.2 Å². The van der Waals surface area contributed by atoms with E-state index in [-0.39, 0.29) is 5.41 Å². The molecule has 1 unspecified atom stereocenters. The summed E-state index contributed by atoms with van der Waals surface area (Å²) in [7, 11) is 0. The van der Waals surface area contributed by atoms with Crippen LogP contribution in [0.1, 0.15) is 39.1 Å². The van der Waals surface area contributed by atoms with Crippen molar-refractivity contribution in [1.29, 1.82) is 0 Å². The predicted octanol–water partition coefficient (Wildman–Crippen LogP) is 3.51. The summed E-state index contributed by atoms with van der Waals surface area (Å²) in [5.74, 6) is 0.620. The summed E-state index contributed by atoms with van der Waals surface area (Å²) in [5, 5.41) is 9.80. The Morgan fingerprint density at radius 3 is 2.54 bits per heavy atom. The van der Waals surface area contributed by atoms with Gasteiger partial charge in [0.1, 0.15) is 11.9 Å². The van der Waals surface area contributed by atoms with Crippen molar-refractivity contribution in [3.63, 3.8) is 0 Å². The SMILES string of the molecule is CC(C)(C)CC(O)c1occc1Br. The van der Waals surface area contributed by atoms with Gasteiger partial charge in [0, 0.05) is 0 Å². The van der Waals surface area contributed by atoms with Crippen LogP contribution in [-0.2, 0) is 0 Å². The quantitative estimate of drug-likeness (QED) is 0.867. The van der Waals surface area contributed by atoms with Crippen molar-refractivity contribution in [2.75, 3.05) is 0 Å². The molecule has 0 aliphatic carbocycles. The minimum absolute atomic E-state index is 0.103. The maximum absolute atomic E-state index is 9.80. The van der Waals surface area contributed by atoms with Gasteiger partial charge in [0.2, 0.25) is 0 Å². The summed E-state index contributed by atoms with van der Waals surface area (Å²) >= 11 is 3.32. The van der Waals surface area contributed by atoms with E-state index in [4.69, 9.17) is 4.42 Å². The zero-order chi connectivity index (χ0) is 10.1. The topological polar surface area (TPSA) is 33.4 Å². The van der Waals surface area contributed by atoms with E-state index in [0.29, 0.717) is 12.2 Å². The number of hydrogen-bond donors (Lipinski definition) is 1. The molecule has 74 valence electrons. The maximum atomic E-state index is 9.80. The molecule has 1 rings (SSSR count). The van der Waals surface area contributed by atoms with Gasteiger partial charge in [-0.05, 0) is 33.8 Å². The van der Waals surface area contributed by atoms with Gasteiger partial charge in [-0.25, -0.2) is 0 Å². The second-order valence-corrected chi connectivity index (χ2v) is 5.27. The Bertz CT molecular complexity index is 273. The summed E-state index contributed by atoms with van der Waals surface area (Å²) in [5.41, 5.74) is 0.103. The van der Waals surface area contributed by atoms with Crippen molar-refractivity contribution in [1.82, 2.24) is 0 Å². The van der Waals surface area contributed by atoms with Crippen molar-refractivity contribution in [3.8, 4) is 0 Å². The summed E-state index contributed by atoms with van der Waals surface area (Å²) in [6, 6.07) is 1.79. The van der Waals surface area contributed by atoms with Gasteiger partial charge in [-0.2, -0.15) is 0 Å². The van der Waals surface area contributed by atoms with Crippen LogP contribution in [-0.4, -0.2) is 5.11 Å². The molecule has 0 radical (unpaired) electrons. The number of aliphatic hydroxyl groups is 1. The first-order valence-corrected chi connectivity index (χ1v) is 5.10. The Kier molecular flexibility index (Phi) is 3.19. The Hall–Kier alpha value is -0.280. The van der Waals surface area contributed by atoms with E-state index in [0.717, 1.165) is 4.47 Å². The average molecular weight is 247 g/mol. The van der Waals surface area contributed by atoms with Crippen molar-refractivity contribution in [3.05, 3.63) is 22.6 Å². The van der Waals surface area contributed by atoms with Crippen LogP contribution in [0.5, 0.6) is 0 Å². The van der Waals surface area contributed by atoms with Crippen molar-refractivity contribution in [2.24, 2.45) is 5.41 Å². The molecule has 1 heterocycles. The lowest BCUT2D eigenvalue weighted by molar-refractivity contribution is 0.0998. The molecule has 0 amide bonds. The number of halogens is 1. The van der Waals surface area contributed by atoms with Gasteiger partial charge in [-0.1, -0.05) is 20.8 Å². The van der Waals surface area contributed by atoms with E-state index in [1.807, 2.05) is 0 Å². The molecule has 1 aromatic rings. The number of rotatable bonds is 2. The minimum atomic E-state index is -0.524. The Balaban J connectivity index is 2.69. The molecule has 0 aliphatic heterocycles. The van der Waals surface area contributed by atoms with Crippen LogP contribution in [0.4, 0.5) is 0 Å². The molecule has 1 N–H and O–H groups in total. The molecule has 0 aromatic carbocycles. The van der Waals surface area contributed by atoms with Gasteiger partial charge in [-0.15, -0.1) is 0 Å². The van der Waals surface area contributed by atoms with Crippen LogP contribution >= 0.6 is 15.9 Å². The molecule has 0 saturated carbocycles. The monoisotopic (exact) mass is 246 g/mol. The molecule has 13 heavy (non-hydrogen) atoms. The molecule has 0 bridgehead atoms. The Labute approximate surface area is 87.1 Å². The number of furan rings is 1. The second-order valence-electron chi connectivity index (χ2n) is 4.41. The highest BCUT2D eigenvalue weighted by molar-refractivity contribution is 9.10. The smallest absolute Gasteiger partial charge is 0.146 e. The van der Waals surface area contributed by atoms with Crippen LogP contribution in [0.25, 0.3) is 0 Å². The fourth-order valence-electron chi connectivity index (χ4n) is 1.22. The molecule has 1 aromatic heterocycles. The summed E-state index contributed by atoms with van der Waals surface area (Å²) in [6.07, 6.45) is 1.74.